The third-order valence-corrected chi connectivity index (χ3v) is 3.42. The van der Waals surface area contributed by atoms with Gasteiger partial charge in [-0.1, -0.05) is 25.1 Å². The summed E-state index contributed by atoms with van der Waals surface area (Å²) >= 11 is 0. The molecule has 0 aliphatic rings. The van der Waals surface area contributed by atoms with Crippen LogP contribution < -0.4 is 9.47 Å². The Kier molecular flexibility index (Phi) is 6.87. The van der Waals surface area contributed by atoms with E-state index in [0.29, 0.717) is 13.0 Å². The predicted molar refractivity (Wildman–Crippen MR) is 95.8 cm³/mol. The lowest BCUT2D eigenvalue weighted by molar-refractivity contribution is -0.386. The van der Waals surface area contributed by atoms with Gasteiger partial charge in [0.15, 0.2) is 11.9 Å². The van der Waals surface area contributed by atoms with Crippen LogP contribution in [0.1, 0.15) is 30.6 Å². The van der Waals surface area contributed by atoms with E-state index >= 15 is 0 Å². The molecule has 8 heteroatoms. The van der Waals surface area contributed by atoms with Crippen molar-refractivity contribution in [1.82, 2.24) is 0 Å². The standard InChI is InChI=1S/C19H19NO7/c1-3-11-25-19(22)14-7-6-8-15(12-14)27-18(21)13(2)26-17-10-5-4-9-16(17)20(23)24/h4-10,12-13H,3,11H2,1-2H3. The van der Waals surface area contributed by atoms with Crippen molar-refractivity contribution in [3.8, 4) is 11.5 Å². The first-order valence-electron chi connectivity index (χ1n) is 8.31. The monoisotopic (exact) mass is 373 g/mol. The molecule has 0 heterocycles. The summed E-state index contributed by atoms with van der Waals surface area (Å²) in [5.41, 5.74) is -0.00108. The van der Waals surface area contributed by atoms with Crippen molar-refractivity contribution in [2.75, 3.05) is 6.61 Å². The predicted octanol–water partition coefficient (Wildman–Crippen LogP) is 3.53. The maximum Gasteiger partial charge on any atom is 0.352 e. The van der Waals surface area contributed by atoms with Crippen LogP contribution in [0.5, 0.6) is 11.5 Å². The quantitative estimate of drug-likeness (QED) is 0.302. The van der Waals surface area contributed by atoms with Crippen molar-refractivity contribution in [2.24, 2.45) is 0 Å². The van der Waals surface area contributed by atoms with E-state index in [1.54, 1.807) is 18.2 Å². The SMILES string of the molecule is CCCOC(=O)c1cccc(OC(=O)C(C)Oc2ccccc2[N+](=O)[O-])c1. The third-order valence-electron chi connectivity index (χ3n) is 3.42. The molecule has 0 bridgehead atoms. The van der Waals surface area contributed by atoms with Gasteiger partial charge in [-0.25, -0.2) is 9.59 Å². The number of nitro groups is 1. The van der Waals surface area contributed by atoms with Gasteiger partial charge < -0.3 is 14.2 Å². The van der Waals surface area contributed by atoms with Crippen molar-refractivity contribution in [3.63, 3.8) is 0 Å². The minimum atomic E-state index is -1.10. The van der Waals surface area contributed by atoms with Gasteiger partial charge in [0.05, 0.1) is 17.1 Å². The molecule has 27 heavy (non-hydrogen) atoms. The lowest BCUT2D eigenvalue weighted by Gasteiger charge is -2.14. The number of nitrogens with zero attached hydrogens (tertiary/aromatic N) is 1. The summed E-state index contributed by atoms with van der Waals surface area (Å²) in [6, 6.07) is 11.7. The average molecular weight is 373 g/mol. The molecule has 1 unspecified atom stereocenters. The summed E-state index contributed by atoms with van der Waals surface area (Å²) in [5.74, 6) is -1.17. The van der Waals surface area contributed by atoms with Gasteiger partial charge in [-0.2, -0.15) is 0 Å². The average Bonchev–Trinajstić information content (AvgIpc) is 2.66. The van der Waals surface area contributed by atoms with Gasteiger partial charge in [-0.3, -0.25) is 10.1 Å². The molecule has 8 nitrogen and oxygen atoms in total. The number of ether oxygens (including phenoxy) is 3. The Morgan fingerprint density at radius 2 is 1.89 bits per heavy atom. The summed E-state index contributed by atoms with van der Waals surface area (Å²) in [7, 11) is 0. The fraction of sp³-hybridized carbons (Fsp3) is 0.263. The van der Waals surface area contributed by atoms with E-state index in [2.05, 4.69) is 0 Å². The molecule has 0 aliphatic heterocycles. The largest absolute Gasteiger partial charge is 0.472 e. The smallest absolute Gasteiger partial charge is 0.352 e. The number of carbonyl (C=O) groups is 2. The highest BCUT2D eigenvalue weighted by atomic mass is 16.6. The molecular weight excluding hydrogens is 354 g/mol. The second-order valence-electron chi connectivity index (χ2n) is 5.57. The van der Waals surface area contributed by atoms with Crippen LogP contribution in [0, 0.1) is 10.1 Å². The summed E-state index contributed by atoms with van der Waals surface area (Å²) in [4.78, 5) is 34.5. The highest BCUT2D eigenvalue weighted by Crippen LogP contribution is 2.27. The summed E-state index contributed by atoms with van der Waals surface area (Å²) < 4.78 is 15.6. The van der Waals surface area contributed by atoms with Gasteiger partial charge in [0, 0.05) is 6.07 Å². The van der Waals surface area contributed by atoms with Crippen molar-refractivity contribution in [2.45, 2.75) is 26.4 Å². The highest BCUT2D eigenvalue weighted by molar-refractivity contribution is 5.90. The van der Waals surface area contributed by atoms with E-state index in [-0.39, 0.29) is 22.7 Å². The van der Waals surface area contributed by atoms with E-state index < -0.39 is 23.0 Å². The van der Waals surface area contributed by atoms with Crippen molar-refractivity contribution >= 4 is 17.6 Å². The van der Waals surface area contributed by atoms with Crippen LogP contribution >= 0.6 is 0 Å². The van der Waals surface area contributed by atoms with Gasteiger partial charge in [-0.15, -0.1) is 0 Å². The lowest BCUT2D eigenvalue weighted by atomic mass is 10.2. The number of nitro benzene ring substituents is 1. The molecule has 2 rings (SSSR count). The van der Waals surface area contributed by atoms with Crippen molar-refractivity contribution in [1.29, 1.82) is 0 Å². The molecule has 0 amide bonds. The van der Waals surface area contributed by atoms with E-state index in [9.17, 15) is 19.7 Å². The minimum Gasteiger partial charge on any atom is -0.472 e. The van der Waals surface area contributed by atoms with E-state index in [0.717, 1.165) is 0 Å². The Labute approximate surface area is 155 Å². The number of esters is 2. The van der Waals surface area contributed by atoms with E-state index in [1.165, 1.54) is 37.3 Å². The van der Waals surface area contributed by atoms with Crippen LogP contribution in [0.4, 0.5) is 5.69 Å². The Balaban J connectivity index is 2.05. The van der Waals surface area contributed by atoms with Gasteiger partial charge >= 0.3 is 17.6 Å². The lowest BCUT2D eigenvalue weighted by Crippen LogP contribution is -2.28. The van der Waals surface area contributed by atoms with Crippen LogP contribution in [0.25, 0.3) is 0 Å². The van der Waals surface area contributed by atoms with Crippen molar-refractivity contribution < 1.29 is 28.7 Å². The number of carbonyl (C=O) groups excluding carboxylic acids is 2. The topological polar surface area (TPSA) is 105 Å². The molecule has 2 aromatic carbocycles. The first kappa shape index (κ1) is 19.9. The van der Waals surface area contributed by atoms with Gasteiger partial charge in [0.25, 0.3) is 0 Å². The molecule has 0 radical (unpaired) electrons. The first-order valence-corrected chi connectivity index (χ1v) is 8.31. The molecule has 0 spiro atoms. The third kappa shape index (κ3) is 5.53. The second-order valence-corrected chi connectivity index (χ2v) is 5.57. The van der Waals surface area contributed by atoms with Crippen LogP contribution in [0.15, 0.2) is 48.5 Å². The van der Waals surface area contributed by atoms with Crippen LogP contribution in [-0.4, -0.2) is 29.6 Å². The number of para-hydroxylation sites is 2. The van der Waals surface area contributed by atoms with E-state index in [4.69, 9.17) is 14.2 Å². The van der Waals surface area contributed by atoms with Gasteiger partial charge in [0.1, 0.15) is 5.75 Å². The summed E-state index contributed by atoms with van der Waals surface area (Å²) in [6.45, 7) is 3.59. The van der Waals surface area contributed by atoms with Gasteiger partial charge in [-0.05, 0) is 37.6 Å². The van der Waals surface area contributed by atoms with Crippen LogP contribution in [0.3, 0.4) is 0 Å². The Hall–Kier alpha value is -3.42. The number of rotatable bonds is 8. The molecule has 0 fully saturated rings. The number of hydrogen-bond donors (Lipinski definition) is 0. The fourth-order valence-corrected chi connectivity index (χ4v) is 2.11. The van der Waals surface area contributed by atoms with Crippen LogP contribution in [0.2, 0.25) is 0 Å². The Morgan fingerprint density at radius 1 is 1.15 bits per heavy atom. The molecule has 0 N–H and O–H groups in total. The molecule has 0 aliphatic carbocycles. The van der Waals surface area contributed by atoms with Gasteiger partial charge in [0.2, 0.25) is 0 Å². The number of benzene rings is 2. The maximum absolute atomic E-state index is 12.2. The molecule has 142 valence electrons. The molecule has 0 aromatic heterocycles. The molecule has 0 saturated carbocycles. The maximum atomic E-state index is 12.2. The molecular formula is C19H19NO7. The zero-order valence-electron chi connectivity index (χ0n) is 14.9. The van der Waals surface area contributed by atoms with Crippen molar-refractivity contribution in [3.05, 3.63) is 64.2 Å². The summed E-state index contributed by atoms with van der Waals surface area (Å²) in [6.07, 6.45) is -0.400. The first-order chi connectivity index (χ1) is 12.9. The Bertz CT molecular complexity index is 834. The van der Waals surface area contributed by atoms with Crippen LogP contribution in [-0.2, 0) is 9.53 Å². The molecule has 0 saturated heterocycles. The second kappa shape index (κ2) is 9.33. The fourth-order valence-electron chi connectivity index (χ4n) is 2.11. The normalized spacial score (nSPS) is 11.3. The number of hydrogen-bond acceptors (Lipinski definition) is 7. The molecule has 2 aromatic rings. The molecule has 1 atom stereocenters. The summed E-state index contributed by atoms with van der Waals surface area (Å²) in [5, 5.41) is 11.0. The zero-order valence-corrected chi connectivity index (χ0v) is 14.9. The highest BCUT2D eigenvalue weighted by Gasteiger charge is 2.22. The Morgan fingerprint density at radius 3 is 2.59 bits per heavy atom. The minimum absolute atomic E-state index is 0.0381. The zero-order chi connectivity index (χ0) is 19.8. The van der Waals surface area contributed by atoms with E-state index in [1.807, 2.05) is 6.92 Å².